The summed E-state index contributed by atoms with van der Waals surface area (Å²) in [5.74, 6) is -1.53. The van der Waals surface area contributed by atoms with Crippen LogP contribution in [0.1, 0.15) is 6.92 Å². The average molecular weight is 477 g/mol. The number of nitrogens with zero attached hydrogens (tertiary/aromatic N) is 2. The van der Waals surface area contributed by atoms with Crippen LogP contribution >= 0.6 is 0 Å². The predicted molar refractivity (Wildman–Crippen MR) is 108 cm³/mol. The third kappa shape index (κ3) is 4.38. The first-order chi connectivity index (χ1) is 14.5. The number of piperazine rings is 1. The number of methoxy groups -OCH3 is 2. The van der Waals surface area contributed by atoms with Gasteiger partial charge in [-0.15, -0.1) is 0 Å². The number of hydrogen-bond acceptors (Lipinski definition) is 6. The van der Waals surface area contributed by atoms with Gasteiger partial charge in [0.05, 0.1) is 14.2 Å². The maximum absolute atomic E-state index is 13.7. The molecule has 1 heterocycles. The highest BCUT2D eigenvalue weighted by atomic mass is 32.2. The standard InChI is InChI=1S/C19H22F2N2O6S2/c1-13-12-22(30(24,25)18-10-14(20)4-6-16(18)28-2)8-9-23(13)31(26,27)19-11-15(21)5-7-17(19)29-3/h4-7,10-11,13H,8-9,12H2,1-3H3/t13-/m0/s1. The summed E-state index contributed by atoms with van der Waals surface area (Å²) < 4.78 is 92.1. The Bertz CT molecular complexity index is 1190. The third-order valence-corrected chi connectivity index (χ3v) is 8.91. The summed E-state index contributed by atoms with van der Waals surface area (Å²) in [7, 11) is -5.78. The quantitative estimate of drug-likeness (QED) is 0.634. The largest absolute Gasteiger partial charge is 0.495 e. The highest BCUT2D eigenvalue weighted by Crippen LogP contribution is 2.32. The molecule has 0 N–H and O–H groups in total. The van der Waals surface area contributed by atoms with E-state index < -0.39 is 37.7 Å². The summed E-state index contributed by atoms with van der Waals surface area (Å²) >= 11 is 0. The predicted octanol–water partition coefficient (Wildman–Crippen LogP) is 2.07. The second kappa shape index (κ2) is 8.69. The summed E-state index contributed by atoms with van der Waals surface area (Å²) in [6, 6.07) is 5.53. The average Bonchev–Trinajstić information content (AvgIpc) is 2.73. The molecule has 0 bridgehead atoms. The Labute approximate surface area is 180 Å². The second-order valence-electron chi connectivity index (χ2n) is 6.92. The van der Waals surface area contributed by atoms with Crippen molar-refractivity contribution in [3.63, 3.8) is 0 Å². The molecule has 1 aliphatic rings. The summed E-state index contributed by atoms with van der Waals surface area (Å²) in [4.78, 5) is -0.685. The molecule has 2 aromatic carbocycles. The number of hydrogen-bond donors (Lipinski definition) is 0. The van der Waals surface area contributed by atoms with Crippen molar-refractivity contribution in [2.45, 2.75) is 22.8 Å². The summed E-state index contributed by atoms with van der Waals surface area (Å²) in [6.45, 7) is 0.996. The normalized spacial score (nSPS) is 18.7. The maximum Gasteiger partial charge on any atom is 0.247 e. The Morgan fingerprint density at radius 1 is 0.839 bits per heavy atom. The first-order valence-corrected chi connectivity index (χ1v) is 12.1. The lowest BCUT2D eigenvalue weighted by Crippen LogP contribution is -2.55. The van der Waals surface area contributed by atoms with E-state index in [-0.39, 0.29) is 40.9 Å². The molecule has 0 saturated carbocycles. The van der Waals surface area contributed by atoms with Crippen molar-refractivity contribution in [2.24, 2.45) is 0 Å². The molecule has 1 saturated heterocycles. The zero-order valence-electron chi connectivity index (χ0n) is 17.1. The molecule has 1 atom stereocenters. The second-order valence-corrected chi connectivity index (χ2v) is 10.7. The topological polar surface area (TPSA) is 93.2 Å². The summed E-state index contributed by atoms with van der Waals surface area (Å²) in [5, 5.41) is 0. The molecule has 0 radical (unpaired) electrons. The Hall–Kier alpha value is -2.28. The van der Waals surface area contributed by atoms with Gasteiger partial charge < -0.3 is 9.47 Å². The van der Waals surface area contributed by atoms with Gasteiger partial charge in [-0.3, -0.25) is 0 Å². The van der Waals surface area contributed by atoms with Crippen molar-refractivity contribution in [3.8, 4) is 11.5 Å². The van der Waals surface area contributed by atoms with Gasteiger partial charge in [0.15, 0.2) is 0 Å². The molecular weight excluding hydrogens is 454 g/mol. The molecule has 3 rings (SSSR count). The minimum Gasteiger partial charge on any atom is -0.495 e. The number of sulfonamides is 2. The highest BCUT2D eigenvalue weighted by molar-refractivity contribution is 7.89. The summed E-state index contributed by atoms with van der Waals surface area (Å²) in [6.07, 6.45) is 0. The molecule has 8 nitrogen and oxygen atoms in total. The lowest BCUT2D eigenvalue weighted by Gasteiger charge is -2.38. The Kier molecular flexibility index (Phi) is 6.56. The fourth-order valence-corrected chi connectivity index (χ4v) is 6.91. The van der Waals surface area contributed by atoms with E-state index in [0.717, 1.165) is 32.9 Å². The van der Waals surface area contributed by atoms with Crippen LogP contribution in [0.3, 0.4) is 0 Å². The molecule has 0 unspecified atom stereocenters. The highest BCUT2D eigenvalue weighted by Gasteiger charge is 2.40. The Morgan fingerprint density at radius 2 is 1.32 bits per heavy atom. The van der Waals surface area contributed by atoms with Gasteiger partial charge in [-0.05, 0) is 43.3 Å². The monoisotopic (exact) mass is 476 g/mol. The Morgan fingerprint density at radius 3 is 1.77 bits per heavy atom. The van der Waals surface area contributed by atoms with E-state index in [2.05, 4.69) is 0 Å². The van der Waals surface area contributed by atoms with Crippen molar-refractivity contribution in [1.82, 2.24) is 8.61 Å². The number of halogens is 2. The number of rotatable bonds is 6. The number of ether oxygens (including phenoxy) is 2. The van der Waals surface area contributed by atoms with Gasteiger partial charge in [0.1, 0.15) is 32.9 Å². The third-order valence-electron chi connectivity index (χ3n) is 4.99. The molecule has 1 fully saturated rings. The zero-order chi connectivity index (χ0) is 23.0. The minimum atomic E-state index is -4.17. The zero-order valence-corrected chi connectivity index (χ0v) is 18.7. The molecule has 1 aliphatic heterocycles. The fourth-order valence-electron chi connectivity index (χ4n) is 3.45. The van der Waals surface area contributed by atoms with Crippen molar-refractivity contribution in [3.05, 3.63) is 48.0 Å². The van der Waals surface area contributed by atoms with Crippen molar-refractivity contribution in [2.75, 3.05) is 33.9 Å². The molecular formula is C19H22F2N2O6S2. The van der Waals surface area contributed by atoms with Gasteiger partial charge in [0, 0.05) is 25.7 Å². The van der Waals surface area contributed by atoms with E-state index in [0.29, 0.717) is 0 Å². The van der Waals surface area contributed by atoms with Crippen molar-refractivity contribution in [1.29, 1.82) is 0 Å². The van der Waals surface area contributed by atoms with E-state index in [1.807, 2.05) is 0 Å². The molecule has 0 aliphatic carbocycles. The van der Waals surface area contributed by atoms with Crippen LogP contribution < -0.4 is 9.47 Å². The smallest absolute Gasteiger partial charge is 0.247 e. The van der Waals surface area contributed by atoms with Gasteiger partial charge in [-0.1, -0.05) is 0 Å². The van der Waals surface area contributed by atoms with Crippen molar-refractivity contribution >= 4 is 20.0 Å². The fraction of sp³-hybridized carbons (Fsp3) is 0.368. The van der Waals surface area contributed by atoms with Crippen LogP contribution in [0.5, 0.6) is 11.5 Å². The minimum absolute atomic E-state index is 0.0198. The van der Waals surface area contributed by atoms with Gasteiger partial charge in [-0.25, -0.2) is 25.6 Å². The molecule has 0 amide bonds. The first-order valence-electron chi connectivity index (χ1n) is 9.21. The van der Waals surface area contributed by atoms with Gasteiger partial charge in [0.2, 0.25) is 20.0 Å². The molecule has 0 aromatic heterocycles. The maximum atomic E-state index is 13.7. The van der Waals surface area contributed by atoms with Crippen LogP contribution in [0, 0.1) is 11.6 Å². The number of benzene rings is 2. The lowest BCUT2D eigenvalue weighted by atomic mass is 10.3. The van der Waals surface area contributed by atoms with E-state index in [1.54, 1.807) is 0 Å². The van der Waals surface area contributed by atoms with E-state index in [4.69, 9.17) is 9.47 Å². The van der Waals surface area contributed by atoms with Crippen LogP contribution in [-0.4, -0.2) is 65.3 Å². The lowest BCUT2D eigenvalue weighted by molar-refractivity contribution is 0.211. The SMILES string of the molecule is COc1ccc(F)cc1S(=O)(=O)N1CCN(S(=O)(=O)c2cc(F)ccc2OC)[C@@H](C)C1. The molecule has 170 valence electrons. The first kappa shape index (κ1) is 23.4. The van der Waals surface area contributed by atoms with E-state index >= 15 is 0 Å². The molecule has 0 spiro atoms. The van der Waals surface area contributed by atoms with Gasteiger partial charge >= 0.3 is 0 Å². The Balaban J connectivity index is 1.91. The molecule has 2 aromatic rings. The van der Waals surface area contributed by atoms with Crippen LogP contribution in [0.2, 0.25) is 0 Å². The van der Waals surface area contributed by atoms with Crippen LogP contribution in [0.25, 0.3) is 0 Å². The van der Waals surface area contributed by atoms with Gasteiger partial charge in [-0.2, -0.15) is 8.61 Å². The molecule has 31 heavy (non-hydrogen) atoms. The van der Waals surface area contributed by atoms with Crippen LogP contribution in [0.15, 0.2) is 46.2 Å². The molecule has 12 heteroatoms. The van der Waals surface area contributed by atoms with Crippen LogP contribution in [-0.2, 0) is 20.0 Å². The van der Waals surface area contributed by atoms with Crippen LogP contribution in [0.4, 0.5) is 8.78 Å². The van der Waals surface area contributed by atoms with Gasteiger partial charge in [0.25, 0.3) is 0 Å². The van der Waals surface area contributed by atoms with E-state index in [9.17, 15) is 25.6 Å². The summed E-state index contributed by atoms with van der Waals surface area (Å²) in [5.41, 5.74) is 0. The van der Waals surface area contributed by atoms with Crippen molar-refractivity contribution < 1.29 is 35.1 Å². The van der Waals surface area contributed by atoms with E-state index in [1.165, 1.54) is 33.3 Å².